The molecule has 14 N–H and O–H groups in total. The van der Waals surface area contributed by atoms with Crippen molar-refractivity contribution in [2.24, 2.45) is 89.1 Å². The fraction of sp³-hybridized carbons (Fsp3) is 0.641. The van der Waals surface area contributed by atoms with Crippen LogP contribution in [0.5, 0.6) is 0 Å². The van der Waals surface area contributed by atoms with Crippen LogP contribution >= 0.6 is 7.82 Å². The molecular formula is C64H93CoN14O14P. The number of phosphoric ester groups is 1. The average molecular weight is 1370 g/mol. The van der Waals surface area contributed by atoms with Crippen molar-refractivity contribution in [1.82, 2.24) is 20.2 Å². The van der Waals surface area contributed by atoms with Gasteiger partial charge in [0.1, 0.15) is 18.3 Å². The van der Waals surface area contributed by atoms with Gasteiger partial charge in [0.2, 0.25) is 35.9 Å². The molecule has 2 aromatic rings. The molecule has 30 heteroatoms. The van der Waals surface area contributed by atoms with Crippen LogP contribution in [-0.2, 0) is 73.5 Å². The fourth-order valence-electron chi connectivity index (χ4n) is 15.5. The van der Waals surface area contributed by atoms with Crippen molar-refractivity contribution in [3.05, 3.63) is 75.8 Å². The number of carbonyl (C=O) groups excluding carboxylic acids is 6. The summed E-state index contributed by atoms with van der Waals surface area (Å²) in [5.74, 6) is 0.870. The minimum Gasteiger partial charge on any atom is -0.664 e. The third kappa shape index (κ3) is 15.0. The molecular weight excluding hydrogens is 1280 g/mol. The zero-order valence-corrected chi connectivity index (χ0v) is 57.6. The molecule has 2 saturated heterocycles. The summed E-state index contributed by atoms with van der Waals surface area (Å²) in [5, 5.41) is 29.1. The summed E-state index contributed by atoms with van der Waals surface area (Å²) in [5.41, 5.74) is 26.4. The van der Waals surface area contributed by atoms with Crippen molar-refractivity contribution in [1.29, 1.82) is 5.26 Å². The number of amides is 6. The summed E-state index contributed by atoms with van der Waals surface area (Å²) >= 11 is 0. The number of imidazole rings is 1. The second kappa shape index (κ2) is 30.2. The number of methoxy groups -OCH3 is 1. The van der Waals surface area contributed by atoms with Gasteiger partial charge >= 0.3 is 24.6 Å². The van der Waals surface area contributed by atoms with Gasteiger partial charge in [-0.3, -0.25) is 52.8 Å². The van der Waals surface area contributed by atoms with Crippen LogP contribution < -0.4 is 39.5 Å². The number of aliphatic hydroxyl groups excluding tert-OH is 1. The van der Waals surface area contributed by atoms with E-state index in [1.807, 2.05) is 87.4 Å². The Morgan fingerprint density at radius 2 is 1.51 bits per heavy atom. The standard InChI is InChI=1S/C63H94N13O14P.CN.Co/c1-32-23-42-43(24-33(32)2)76(30-71-42)58-53(83)54(44(88-58)29-86-12)90-91(84,85)89-34(3)27-70-50(82)19-20-60(8)40(28-69-31-77)57-63(11)62(10,21-22-87-68)39(15-18-48(66)80)52(75-63)36(5)56-61(9,26-49(67)81)37(13-16-46(64)78)41(72-56)25-45-59(6,7)38(14-17-47(65)79)51(73-45)35(4)55(60)74-57;1-2;/h23-25,30-31,34,37-40,44,53-54,57-58,83H,13-22,26-29,68H2,1-12H3,(H12,64,65,66,67,69,70,72,73,74,75,77,78,79,80,81,82,84,85);;/q;-1;+2/p-1/t34-,37-,38-,39-,40+,44-,53-,54-,57-,58?,60-,61+,62+,63+;;/m1../s1. The number of hydrogen-bond donors (Lipinski definition) is 9. The van der Waals surface area contributed by atoms with Gasteiger partial charge in [0.25, 0.3) is 0 Å². The Bertz CT molecular complexity index is 3510. The molecule has 6 aliphatic heterocycles. The molecule has 94 heavy (non-hydrogen) atoms. The smallest absolute Gasteiger partial charge is 0.664 e. The van der Waals surface area contributed by atoms with Gasteiger partial charge < -0.3 is 79.6 Å². The molecule has 0 saturated carbocycles. The van der Waals surface area contributed by atoms with Crippen LogP contribution in [-0.4, -0.2) is 142 Å². The van der Waals surface area contributed by atoms with Gasteiger partial charge in [-0.25, -0.2) is 15.4 Å². The first-order valence-electron chi connectivity index (χ1n) is 31.3. The Kier molecular flexibility index (Phi) is 24.6. The molecule has 15 atom stereocenters. The maximum Gasteiger partial charge on any atom is 2.00 e. The number of fused-ring (bicyclic) bond motifs is 7. The third-order valence-corrected chi connectivity index (χ3v) is 22.0. The number of benzene rings is 1. The van der Waals surface area contributed by atoms with Crippen LogP contribution in [0.3, 0.4) is 0 Å². The summed E-state index contributed by atoms with van der Waals surface area (Å²) in [6, 6.07) is 3.00. The van der Waals surface area contributed by atoms with E-state index in [1.54, 1.807) is 4.57 Å². The molecule has 0 aliphatic carbocycles. The van der Waals surface area contributed by atoms with Crippen LogP contribution in [0.25, 0.3) is 16.4 Å². The first-order valence-corrected chi connectivity index (χ1v) is 32.8. The SMILES string of the molecule is COC[C@H]1OC(n2cnc3cc(C)c(C)cc32)[C@H](O)[C@@H]1OP(=O)(O)O[C@H](C)CNC(=O)CC[C@@]1(C)C2=N[C@H]([C@@H]1CNC=O)[C@]1(C)N=C(C(C)=C3[N-]C(=CC4=NC(=C2C)[C@@H](CCC(N)=O)C4(C)C)[C@@H](CCC(N)=O)[C@]3(C)CC(N)=O)[C@@H](CCC(N)=O)[C@]1(C)CCON.[C-]#N.[Co+2]. The summed E-state index contributed by atoms with van der Waals surface area (Å²) in [4.78, 5) is 117. The molecule has 8 bridgehead atoms. The number of aryl methyl sites for hydroxylation is 2. The van der Waals surface area contributed by atoms with Crippen LogP contribution in [0.2, 0.25) is 0 Å². The van der Waals surface area contributed by atoms with E-state index in [0.717, 1.165) is 11.1 Å². The van der Waals surface area contributed by atoms with E-state index in [9.17, 15) is 43.3 Å². The minimum atomic E-state index is -5.00. The molecule has 2 fully saturated rings. The number of nitrogens with two attached hydrogens (primary N) is 5. The monoisotopic (exact) mass is 1370 g/mol. The molecule has 1 aromatic carbocycles. The van der Waals surface area contributed by atoms with Crippen LogP contribution in [0.15, 0.2) is 67.8 Å². The van der Waals surface area contributed by atoms with Gasteiger partial charge in [0.05, 0.1) is 48.3 Å². The Balaban J connectivity index is 0.00000462. The summed E-state index contributed by atoms with van der Waals surface area (Å²) < 4.78 is 38.3. The molecule has 7 heterocycles. The van der Waals surface area contributed by atoms with E-state index in [-0.39, 0.29) is 107 Å². The van der Waals surface area contributed by atoms with Crippen molar-refractivity contribution in [3.63, 3.8) is 0 Å². The van der Waals surface area contributed by atoms with Crippen molar-refractivity contribution in [2.75, 3.05) is 33.4 Å². The summed E-state index contributed by atoms with van der Waals surface area (Å²) in [6.45, 7) is 25.5. The summed E-state index contributed by atoms with van der Waals surface area (Å²) in [6.07, 6.45) is -1.45. The van der Waals surface area contributed by atoms with Crippen molar-refractivity contribution in [2.45, 2.75) is 183 Å². The fourth-order valence-corrected chi connectivity index (χ4v) is 16.6. The van der Waals surface area contributed by atoms with E-state index in [0.29, 0.717) is 62.8 Å². The summed E-state index contributed by atoms with van der Waals surface area (Å²) in [7, 11) is -3.58. The van der Waals surface area contributed by atoms with Gasteiger partial charge in [0, 0.05) is 109 Å². The second-order valence-corrected chi connectivity index (χ2v) is 28.5. The molecule has 517 valence electrons. The normalized spacial score (nSPS) is 30.8. The molecule has 28 nitrogen and oxygen atoms in total. The van der Waals surface area contributed by atoms with Crippen LogP contribution in [0.4, 0.5) is 0 Å². The van der Waals surface area contributed by atoms with E-state index >= 15 is 0 Å². The first-order chi connectivity index (χ1) is 43.6. The number of ether oxygens (including phenoxy) is 2. The zero-order chi connectivity index (χ0) is 69.1. The number of rotatable bonds is 29. The number of carbonyl (C=O) groups is 6. The van der Waals surface area contributed by atoms with Crippen LogP contribution in [0, 0.1) is 71.0 Å². The molecule has 1 radical (unpaired) electrons. The maximum absolute atomic E-state index is 14.4. The predicted molar refractivity (Wildman–Crippen MR) is 345 cm³/mol. The van der Waals surface area contributed by atoms with E-state index in [2.05, 4.69) is 15.6 Å². The van der Waals surface area contributed by atoms with Gasteiger partial charge in [-0.1, -0.05) is 40.7 Å². The molecule has 2 unspecified atom stereocenters. The quantitative estimate of drug-likeness (QED) is 0.0225. The molecule has 8 rings (SSSR count). The van der Waals surface area contributed by atoms with E-state index < -0.39 is 125 Å². The topological polar surface area (TPSA) is 453 Å². The molecule has 1 aromatic heterocycles. The number of nitrogens with one attached hydrogen (secondary N) is 2. The van der Waals surface area contributed by atoms with Crippen molar-refractivity contribution in [3.8, 4) is 0 Å². The van der Waals surface area contributed by atoms with Crippen molar-refractivity contribution < 1.29 is 83.5 Å². The van der Waals surface area contributed by atoms with Gasteiger partial charge in [-0.2, -0.15) is 5.70 Å². The third-order valence-electron chi connectivity index (χ3n) is 20.8. The largest absolute Gasteiger partial charge is 2.00 e. The molecule has 6 aliphatic rings. The van der Waals surface area contributed by atoms with Crippen LogP contribution in [0.1, 0.15) is 144 Å². The number of aliphatic imine (C=N–C) groups is 3. The zero-order valence-electron chi connectivity index (χ0n) is 55.7. The Morgan fingerprint density at radius 3 is 2.11 bits per heavy atom. The number of aliphatic hydroxyl groups is 1. The Labute approximate surface area is 559 Å². The van der Waals surface area contributed by atoms with Crippen molar-refractivity contribution >= 4 is 71.9 Å². The second-order valence-electron chi connectivity index (χ2n) is 27.1. The predicted octanol–water partition coefficient (Wildman–Crippen LogP) is 4.97. The Hall–Kier alpha value is -6.55. The maximum atomic E-state index is 14.4. The van der Waals surface area contributed by atoms with Gasteiger partial charge in [-0.05, 0) is 119 Å². The minimum absolute atomic E-state index is 0. The Morgan fingerprint density at radius 1 is 0.894 bits per heavy atom. The first kappa shape index (κ1) is 76.5. The number of hydrogen-bond acceptors (Lipinski definition) is 19. The number of allylic oxidation sites excluding steroid dienone is 6. The number of primary amides is 4. The molecule has 6 amide bonds. The van der Waals surface area contributed by atoms with E-state index in [1.165, 1.54) is 20.4 Å². The molecule has 0 spiro atoms. The average Bonchev–Trinajstić information content (AvgIpc) is 1.53. The van der Waals surface area contributed by atoms with Gasteiger partial charge in [0.15, 0.2) is 6.23 Å². The van der Waals surface area contributed by atoms with E-state index in [4.69, 9.17) is 84.3 Å². The number of phosphoric acid groups is 1. The number of nitrogens with zero attached hydrogens (tertiary/aromatic N) is 7. The van der Waals surface area contributed by atoms with Gasteiger partial charge in [-0.15, -0.1) is 5.70 Å². The number of aromatic nitrogens is 2.